The van der Waals surface area contributed by atoms with Crippen LogP contribution in [0.15, 0.2) is 36.9 Å². The molecule has 2 unspecified atom stereocenters. The summed E-state index contributed by atoms with van der Waals surface area (Å²) in [5, 5.41) is 9.25. The minimum atomic E-state index is -0.345. The first kappa shape index (κ1) is 17.7. The van der Waals surface area contributed by atoms with E-state index in [0.29, 0.717) is 23.2 Å². The van der Waals surface area contributed by atoms with Crippen LogP contribution in [0.2, 0.25) is 0 Å². The Hall–Kier alpha value is -2.69. The topological polar surface area (TPSA) is 44.8 Å². The molecule has 4 rings (SSSR count). The average molecular weight is 364 g/mol. The molecule has 2 aliphatic rings. The predicted molar refractivity (Wildman–Crippen MR) is 108 cm³/mol. The maximum Gasteiger partial charge on any atom is 0.151 e. The Morgan fingerprint density at radius 2 is 2.19 bits per heavy atom. The number of aromatic amines is 1. The van der Waals surface area contributed by atoms with Gasteiger partial charge in [-0.25, -0.2) is 9.37 Å². The monoisotopic (exact) mass is 364 g/mol. The van der Waals surface area contributed by atoms with Gasteiger partial charge in [-0.2, -0.15) is 5.10 Å². The average Bonchev–Trinajstić information content (AvgIpc) is 3.19. The van der Waals surface area contributed by atoms with Crippen LogP contribution in [0.5, 0.6) is 0 Å². The van der Waals surface area contributed by atoms with E-state index in [1.807, 2.05) is 18.2 Å². The number of anilines is 1. The largest absolute Gasteiger partial charge is 0.356 e. The Morgan fingerprint density at radius 3 is 3.04 bits per heavy atom. The summed E-state index contributed by atoms with van der Waals surface area (Å²) in [5.74, 6) is 1.60. The fourth-order valence-corrected chi connectivity index (χ4v) is 3.97. The maximum absolute atomic E-state index is 14.7. The third-order valence-corrected chi connectivity index (χ3v) is 5.53. The van der Waals surface area contributed by atoms with Crippen molar-refractivity contribution in [3.05, 3.63) is 53.3 Å². The molecule has 2 atom stereocenters. The van der Waals surface area contributed by atoms with E-state index in [1.165, 1.54) is 6.07 Å². The summed E-state index contributed by atoms with van der Waals surface area (Å²) in [5.41, 5.74) is 0.880. The second-order valence-electron chi connectivity index (χ2n) is 7.44. The fourth-order valence-electron chi connectivity index (χ4n) is 3.97. The fraction of sp³-hybridized carbons (Fsp3) is 0.364. The molecule has 1 aliphatic carbocycles. The summed E-state index contributed by atoms with van der Waals surface area (Å²) < 4.78 is 14.7. The number of H-pyrrole nitrogens is 1. The lowest BCUT2D eigenvalue weighted by Gasteiger charge is -2.18. The van der Waals surface area contributed by atoms with E-state index in [2.05, 4.69) is 45.7 Å². The number of nitrogens with zero attached hydrogens (tertiary/aromatic N) is 3. The number of hydrogen-bond donors (Lipinski definition) is 1. The molecular formula is C22H25FN4. The van der Waals surface area contributed by atoms with Crippen LogP contribution < -0.4 is 15.5 Å². The SMILES string of the molecule is C=CCC1CN(c2ccc(F)c(-c3n[nH]c4c3=CC=CCCC=4)n2)CC1C. The van der Waals surface area contributed by atoms with Crippen LogP contribution in [0.4, 0.5) is 10.2 Å². The van der Waals surface area contributed by atoms with Crippen molar-refractivity contribution in [3.63, 3.8) is 0 Å². The number of nitrogens with one attached hydrogen (secondary N) is 1. The maximum atomic E-state index is 14.7. The third kappa shape index (κ3) is 3.46. The van der Waals surface area contributed by atoms with Crippen molar-refractivity contribution >= 4 is 18.0 Å². The molecule has 2 aromatic heterocycles. The second-order valence-corrected chi connectivity index (χ2v) is 7.44. The Morgan fingerprint density at radius 1 is 1.30 bits per heavy atom. The first-order valence-electron chi connectivity index (χ1n) is 9.61. The van der Waals surface area contributed by atoms with Gasteiger partial charge in [-0.1, -0.05) is 37.3 Å². The number of allylic oxidation sites excluding steroid dienone is 3. The van der Waals surface area contributed by atoms with Crippen molar-refractivity contribution in [1.29, 1.82) is 0 Å². The van der Waals surface area contributed by atoms with Gasteiger partial charge in [0.25, 0.3) is 0 Å². The molecule has 2 aromatic rings. The van der Waals surface area contributed by atoms with Crippen molar-refractivity contribution in [2.24, 2.45) is 11.8 Å². The van der Waals surface area contributed by atoms with E-state index in [-0.39, 0.29) is 5.82 Å². The molecule has 0 bridgehead atoms. The lowest BCUT2D eigenvalue weighted by molar-refractivity contribution is 0.458. The van der Waals surface area contributed by atoms with Gasteiger partial charge < -0.3 is 4.90 Å². The van der Waals surface area contributed by atoms with Crippen LogP contribution >= 0.6 is 0 Å². The highest BCUT2D eigenvalue weighted by atomic mass is 19.1. The van der Waals surface area contributed by atoms with Crippen molar-refractivity contribution in [2.45, 2.75) is 26.2 Å². The van der Waals surface area contributed by atoms with Gasteiger partial charge in [-0.05, 0) is 43.2 Å². The molecule has 4 nitrogen and oxygen atoms in total. The molecule has 140 valence electrons. The van der Waals surface area contributed by atoms with Crippen molar-refractivity contribution in [1.82, 2.24) is 15.2 Å². The van der Waals surface area contributed by atoms with Gasteiger partial charge in [0, 0.05) is 18.3 Å². The molecule has 1 fully saturated rings. The number of pyridine rings is 1. The predicted octanol–water partition coefficient (Wildman–Crippen LogP) is 3.17. The van der Waals surface area contributed by atoms with Crippen LogP contribution in [0.3, 0.4) is 0 Å². The van der Waals surface area contributed by atoms with E-state index < -0.39 is 0 Å². The minimum absolute atomic E-state index is 0.309. The van der Waals surface area contributed by atoms with Crippen molar-refractivity contribution in [3.8, 4) is 11.4 Å². The molecule has 0 radical (unpaired) electrons. The van der Waals surface area contributed by atoms with E-state index in [9.17, 15) is 4.39 Å². The first-order chi connectivity index (χ1) is 13.2. The number of rotatable bonds is 4. The Kier molecular flexibility index (Phi) is 4.92. The van der Waals surface area contributed by atoms with Gasteiger partial charge in [0.1, 0.15) is 17.2 Å². The third-order valence-electron chi connectivity index (χ3n) is 5.53. The summed E-state index contributed by atoms with van der Waals surface area (Å²) in [6.07, 6.45) is 13.1. The van der Waals surface area contributed by atoms with E-state index in [0.717, 1.165) is 48.7 Å². The number of aromatic nitrogens is 3. The Bertz CT molecular complexity index is 988. The van der Waals surface area contributed by atoms with Gasteiger partial charge in [-0.3, -0.25) is 5.10 Å². The molecular weight excluding hydrogens is 339 g/mol. The van der Waals surface area contributed by atoms with Crippen molar-refractivity contribution < 1.29 is 4.39 Å². The minimum Gasteiger partial charge on any atom is -0.356 e. The molecule has 5 heteroatoms. The summed E-state index contributed by atoms with van der Waals surface area (Å²) >= 11 is 0. The normalized spacial score (nSPS) is 21.8. The Labute approximate surface area is 158 Å². The van der Waals surface area contributed by atoms with Crippen LogP contribution in [-0.2, 0) is 0 Å². The van der Waals surface area contributed by atoms with Crippen LogP contribution in [0.1, 0.15) is 26.2 Å². The number of fused-ring (bicyclic) bond motifs is 1. The van der Waals surface area contributed by atoms with E-state index in [1.54, 1.807) is 6.07 Å². The van der Waals surface area contributed by atoms with Crippen molar-refractivity contribution in [2.75, 3.05) is 18.0 Å². The first-order valence-corrected chi connectivity index (χ1v) is 9.61. The molecule has 1 N–H and O–H groups in total. The highest BCUT2D eigenvalue weighted by molar-refractivity contribution is 5.62. The molecule has 1 saturated heterocycles. The standard InChI is InChI=1S/C22H25FN4/c1-3-8-16-14-27(13-15(16)2)20-12-11-18(23)22(24-20)21-17-9-6-4-5-7-10-19(17)25-26-21/h3-4,6,9-12,15-16,25H,1,5,7-8,13-14H2,2H3. The summed E-state index contributed by atoms with van der Waals surface area (Å²) in [7, 11) is 0. The highest BCUT2D eigenvalue weighted by Gasteiger charge is 2.30. The van der Waals surface area contributed by atoms with Gasteiger partial charge in [-0.15, -0.1) is 6.58 Å². The highest BCUT2D eigenvalue weighted by Crippen LogP contribution is 2.30. The lowest BCUT2D eigenvalue weighted by Crippen LogP contribution is -2.25. The molecule has 0 aromatic carbocycles. The molecule has 0 spiro atoms. The van der Waals surface area contributed by atoms with Gasteiger partial charge in [0.15, 0.2) is 5.82 Å². The zero-order chi connectivity index (χ0) is 18.8. The van der Waals surface area contributed by atoms with Gasteiger partial charge in [0.2, 0.25) is 0 Å². The van der Waals surface area contributed by atoms with Gasteiger partial charge in [0.05, 0.1) is 5.35 Å². The zero-order valence-electron chi connectivity index (χ0n) is 15.7. The molecule has 1 aliphatic heterocycles. The Balaban J connectivity index is 1.73. The molecule has 27 heavy (non-hydrogen) atoms. The molecule has 3 heterocycles. The zero-order valence-corrected chi connectivity index (χ0v) is 15.7. The summed E-state index contributed by atoms with van der Waals surface area (Å²) in [6.45, 7) is 7.97. The quantitative estimate of drug-likeness (QED) is 0.848. The van der Waals surface area contributed by atoms with Crippen LogP contribution in [-0.4, -0.2) is 28.3 Å². The lowest BCUT2D eigenvalue weighted by atomic mass is 9.95. The number of hydrogen-bond acceptors (Lipinski definition) is 3. The second kappa shape index (κ2) is 7.51. The summed E-state index contributed by atoms with van der Waals surface area (Å²) in [4.78, 5) is 6.92. The molecule has 0 amide bonds. The van der Waals surface area contributed by atoms with E-state index >= 15 is 0 Å². The van der Waals surface area contributed by atoms with Crippen LogP contribution in [0, 0.1) is 17.7 Å². The van der Waals surface area contributed by atoms with Gasteiger partial charge >= 0.3 is 0 Å². The smallest absolute Gasteiger partial charge is 0.151 e. The number of halogens is 1. The molecule has 0 saturated carbocycles. The van der Waals surface area contributed by atoms with E-state index in [4.69, 9.17) is 0 Å². The van der Waals surface area contributed by atoms with Crippen LogP contribution in [0.25, 0.3) is 23.5 Å². The summed E-state index contributed by atoms with van der Waals surface area (Å²) in [6, 6.07) is 3.28.